The Morgan fingerprint density at radius 1 is 0.667 bits per heavy atom. The van der Waals surface area contributed by atoms with E-state index in [4.69, 9.17) is 46.9 Å². The number of hydrogen-bond donors (Lipinski definition) is 2. The Balaban J connectivity index is 1.18. The molecule has 6 rings (SSSR count). The number of aromatic nitrogens is 2. The number of methoxy groups -OCH3 is 2. The van der Waals surface area contributed by atoms with Crippen molar-refractivity contribution in [3.8, 4) is 17.6 Å². The lowest BCUT2D eigenvalue weighted by molar-refractivity contribution is -0.149. The highest BCUT2D eigenvalue weighted by atomic mass is 31.2. The number of ether oxygens (including phenoxy) is 8. The SMILES string of the molecule is CCOC(=O)CN(CCN(CCN(CC(=O)OCC)CC(=O)OCC)CC(=O)NC1CCC(Nc2ccn([C@H]3C[C@H](OP(OCCC#N)N(C(C)C)C(C)C)[C@@H](COC(c4ccccc4)(c4ccc(OC)cc4)c4ccc(OC)cc4)O3)c(=O)n2)CC1)CC(=O)OCC. The molecule has 0 spiro atoms. The van der Waals surface area contributed by atoms with E-state index in [9.17, 15) is 34.0 Å². The Labute approximate surface area is 548 Å². The van der Waals surface area contributed by atoms with Crippen LogP contribution in [-0.4, -0.2) is 208 Å². The first-order chi connectivity index (χ1) is 44.9. The van der Waals surface area contributed by atoms with Crippen molar-refractivity contribution in [3.05, 3.63) is 118 Å². The van der Waals surface area contributed by atoms with E-state index in [-0.39, 0.29) is 141 Å². The van der Waals surface area contributed by atoms with Crippen molar-refractivity contribution >= 4 is 44.1 Å². The van der Waals surface area contributed by atoms with Crippen LogP contribution in [0.4, 0.5) is 5.82 Å². The molecule has 2 aliphatic rings. The zero-order valence-corrected chi connectivity index (χ0v) is 56.6. The number of esters is 4. The van der Waals surface area contributed by atoms with Gasteiger partial charge in [-0.25, -0.2) is 9.46 Å². The smallest absolute Gasteiger partial charge is 0.351 e. The standard InChI is InChI=1S/C67H96N9O16P/c1-11-85-62(78)43-73(44-63(79)86-12-2)38-36-72(37-39-74(45-64(80)87-13-3)46-65(81)88-14-4)42-60(77)70-54-27-25-53(26-28-54)69-59-33-35-75(66(82)71-59)61-41-57(92-93(90-40-18-34-68)76(48(5)6)49(7)8)58(91-61)47-89-67(50-19-16-15-17-20-50,51-21-29-55(83-9)30-22-51)52-23-31-56(84-10)32-24-52/h15-17,19-24,29-33,35,48-49,53-54,57-58,61H,11-14,18,25-28,36-47H2,1-10H3,(H,70,77)(H,69,71,82)/t53?,54?,57-,58+,61+,93?/m0/s1. The molecule has 26 heteroatoms. The van der Waals surface area contributed by atoms with Crippen molar-refractivity contribution in [2.45, 2.75) is 142 Å². The molecule has 1 unspecified atom stereocenters. The van der Waals surface area contributed by atoms with E-state index < -0.39 is 62.1 Å². The number of nitrogens with zero attached hydrogens (tertiary/aromatic N) is 7. The first-order valence-electron chi connectivity index (χ1n) is 32.2. The van der Waals surface area contributed by atoms with Gasteiger partial charge in [0.15, 0.2) is 0 Å². The molecule has 1 aliphatic carbocycles. The molecule has 3 aromatic carbocycles. The van der Waals surface area contributed by atoms with Crippen molar-refractivity contribution in [3.63, 3.8) is 0 Å². The van der Waals surface area contributed by atoms with Gasteiger partial charge in [0, 0.05) is 63.0 Å². The van der Waals surface area contributed by atoms with Crippen LogP contribution in [0.15, 0.2) is 95.9 Å². The fraction of sp³-hybridized carbons (Fsp3) is 0.582. The minimum Gasteiger partial charge on any atom is -0.497 e. The first kappa shape index (κ1) is 74.9. The molecule has 2 N–H and O–H groups in total. The van der Waals surface area contributed by atoms with Gasteiger partial charge in [-0.2, -0.15) is 10.2 Å². The third-order valence-electron chi connectivity index (χ3n) is 15.8. The maximum atomic E-state index is 14.3. The fourth-order valence-corrected chi connectivity index (χ4v) is 13.2. The lowest BCUT2D eigenvalue weighted by Gasteiger charge is -2.39. The molecular weight excluding hydrogens is 1220 g/mol. The van der Waals surface area contributed by atoms with Crippen LogP contribution in [0.1, 0.15) is 117 Å². The first-order valence-corrected chi connectivity index (χ1v) is 33.3. The monoisotopic (exact) mass is 1310 g/mol. The topological polar surface area (TPSA) is 273 Å². The summed E-state index contributed by atoms with van der Waals surface area (Å²) in [7, 11) is 1.49. The van der Waals surface area contributed by atoms with Gasteiger partial charge in [-0.1, -0.05) is 54.6 Å². The average Bonchev–Trinajstić information content (AvgIpc) is 1.26. The molecule has 1 saturated heterocycles. The molecule has 1 amide bonds. The molecule has 2 fully saturated rings. The Hall–Kier alpha value is -7.11. The summed E-state index contributed by atoms with van der Waals surface area (Å²) in [6, 6.07) is 29.1. The summed E-state index contributed by atoms with van der Waals surface area (Å²) < 4.78 is 63.3. The van der Waals surface area contributed by atoms with E-state index in [0.29, 0.717) is 43.0 Å². The number of hydrogen-bond acceptors (Lipinski definition) is 23. The Bertz CT molecular complexity index is 2900. The van der Waals surface area contributed by atoms with E-state index in [1.165, 1.54) is 4.57 Å². The second-order valence-corrected chi connectivity index (χ2v) is 24.5. The molecule has 0 bridgehead atoms. The number of benzene rings is 3. The molecule has 4 atom stereocenters. The molecule has 1 aromatic heterocycles. The predicted octanol–water partition coefficient (Wildman–Crippen LogP) is 7.22. The lowest BCUT2D eigenvalue weighted by Crippen LogP contribution is -2.49. The van der Waals surface area contributed by atoms with Gasteiger partial charge in [0.1, 0.15) is 35.2 Å². The zero-order valence-electron chi connectivity index (χ0n) is 55.7. The van der Waals surface area contributed by atoms with Gasteiger partial charge in [-0.15, -0.1) is 0 Å². The van der Waals surface area contributed by atoms with Gasteiger partial charge in [-0.3, -0.25) is 43.2 Å². The van der Waals surface area contributed by atoms with Crippen LogP contribution in [0.25, 0.3) is 0 Å². The van der Waals surface area contributed by atoms with E-state index in [0.717, 1.165) is 16.7 Å². The van der Waals surface area contributed by atoms with Crippen molar-refractivity contribution in [1.82, 2.24) is 34.2 Å². The maximum absolute atomic E-state index is 14.3. The van der Waals surface area contributed by atoms with E-state index in [1.807, 2.05) is 83.8 Å². The summed E-state index contributed by atoms with van der Waals surface area (Å²) in [6.45, 7) is 15.8. The molecule has 510 valence electrons. The molecular formula is C67H96N9O16P. The third kappa shape index (κ3) is 23.1. The molecule has 1 aliphatic heterocycles. The summed E-state index contributed by atoms with van der Waals surface area (Å²) in [5, 5.41) is 16.2. The van der Waals surface area contributed by atoms with Crippen molar-refractivity contribution in [1.29, 1.82) is 5.26 Å². The summed E-state index contributed by atoms with van der Waals surface area (Å²) >= 11 is 0. The number of carbonyl (C=O) groups excluding carboxylic acids is 5. The van der Waals surface area contributed by atoms with Crippen LogP contribution in [0.3, 0.4) is 0 Å². The molecule has 1 saturated carbocycles. The van der Waals surface area contributed by atoms with E-state index in [1.54, 1.807) is 64.0 Å². The number of anilines is 1. The normalized spacial score (nSPS) is 17.7. The quantitative estimate of drug-likeness (QED) is 0.0146. The molecule has 93 heavy (non-hydrogen) atoms. The Morgan fingerprint density at radius 3 is 1.59 bits per heavy atom. The highest BCUT2D eigenvalue weighted by Gasteiger charge is 2.45. The van der Waals surface area contributed by atoms with Crippen LogP contribution in [0, 0.1) is 11.3 Å². The summed E-state index contributed by atoms with van der Waals surface area (Å²) in [5.41, 5.74) is 0.752. The molecule has 2 heterocycles. The van der Waals surface area contributed by atoms with Crippen molar-refractivity contribution < 1.29 is 70.9 Å². The van der Waals surface area contributed by atoms with Gasteiger partial charge in [0.2, 0.25) is 5.91 Å². The van der Waals surface area contributed by atoms with Gasteiger partial charge in [0.05, 0.1) is 105 Å². The number of carbonyl (C=O) groups is 5. The van der Waals surface area contributed by atoms with Crippen LogP contribution >= 0.6 is 8.53 Å². The summed E-state index contributed by atoms with van der Waals surface area (Å²) in [5.74, 6) is -0.614. The largest absolute Gasteiger partial charge is 0.497 e. The minimum absolute atomic E-state index is 0.00620. The second kappa shape index (κ2) is 38.9. The van der Waals surface area contributed by atoms with E-state index >= 15 is 0 Å². The highest BCUT2D eigenvalue weighted by molar-refractivity contribution is 7.44. The fourth-order valence-electron chi connectivity index (χ4n) is 11.4. The third-order valence-corrected chi connectivity index (χ3v) is 17.9. The van der Waals surface area contributed by atoms with Crippen LogP contribution in [0.2, 0.25) is 0 Å². The summed E-state index contributed by atoms with van der Waals surface area (Å²) in [6.07, 6.45) is 2.37. The maximum Gasteiger partial charge on any atom is 0.351 e. The number of nitrogens with one attached hydrogen (secondary N) is 2. The van der Waals surface area contributed by atoms with Gasteiger partial charge in [-0.05, 0) is 128 Å². The Morgan fingerprint density at radius 2 is 1.14 bits per heavy atom. The van der Waals surface area contributed by atoms with Gasteiger partial charge in [0.25, 0.3) is 8.53 Å². The Kier molecular flexibility index (Phi) is 31.4. The van der Waals surface area contributed by atoms with Crippen LogP contribution in [0.5, 0.6) is 11.5 Å². The average molecular weight is 1310 g/mol. The minimum atomic E-state index is -1.75. The van der Waals surface area contributed by atoms with E-state index in [2.05, 4.69) is 54.1 Å². The molecule has 25 nitrogen and oxygen atoms in total. The second-order valence-electron chi connectivity index (χ2n) is 23.1. The van der Waals surface area contributed by atoms with Crippen molar-refractivity contribution in [2.75, 3.05) is 118 Å². The van der Waals surface area contributed by atoms with Gasteiger partial charge >= 0.3 is 29.6 Å². The zero-order chi connectivity index (χ0) is 67.3. The number of amides is 1. The van der Waals surface area contributed by atoms with Crippen molar-refractivity contribution in [2.24, 2.45) is 0 Å². The van der Waals surface area contributed by atoms with Crippen LogP contribution < -0.4 is 25.8 Å². The lowest BCUT2D eigenvalue weighted by atomic mass is 9.80. The molecule has 0 radical (unpaired) electrons. The molecule has 4 aromatic rings. The number of nitriles is 1. The van der Waals surface area contributed by atoms with Gasteiger partial charge < -0.3 is 57.6 Å². The number of rotatable bonds is 40. The summed E-state index contributed by atoms with van der Waals surface area (Å²) in [4.78, 5) is 88.3. The predicted molar refractivity (Wildman–Crippen MR) is 349 cm³/mol. The highest BCUT2D eigenvalue weighted by Crippen LogP contribution is 2.51. The van der Waals surface area contributed by atoms with Crippen LogP contribution in [-0.2, 0) is 67.0 Å².